The highest BCUT2D eigenvalue weighted by molar-refractivity contribution is 8.18. The quantitative estimate of drug-likeness (QED) is 0.481. The first kappa shape index (κ1) is 23.1. The summed E-state index contributed by atoms with van der Waals surface area (Å²) in [4.78, 5) is 34.4. The van der Waals surface area contributed by atoms with E-state index in [1.807, 2.05) is 18.2 Å². The Morgan fingerprint density at radius 1 is 1.00 bits per heavy atom. The van der Waals surface area contributed by atoms with Crippen LogP contribution >= 0.6 is 11.8 Å². The van der Waals surface area contributed by atoms with Gasteiger partial charge in [0.05, 0.1) is 11.0 Å². The summed E-state index contributed by atoms with van der Waals surface area (Å²) >= 11 is 0.878. The molecule has 2 aliphatic heterocycles. The van der Waals surface area contributed by atoms with Crippen LogP contribution in [-0.2, 0) is 11.3 Å². The number of hydrogen-bond acceptors (Lipinski definition) is 8. The molecule has 0 aliphatic carbocycles. The van der Waals surface area contributed by atoms with Gasteiger partial charge in [-0.3, -0.25) is 19.8 Å². The molecule has 0 atom stereocenters. The van der Waals surface area contributed by atoms with E-state index in [0.29, 0.717) is 22.4 Å². The molecule has 35 heavy (non-hydrogen) atoms. The van der Waals surface area contributed by atoms with E-state index in [9.17, 15) is 9.59 Å². The molecule has 2 saturated heterocycles. The van der Waals surface area contributed by atoms with E-state index in [1.165, 1.54) is 11.9 Å². The van der Waals surface area contributed by atoms with Gasteiger partial charge in [-0.15, -0.1) is 0 Å². The SMILES string of the molecule is O=C1NC(=O)/C(=C/c2cccc(Oc3cc(OC4CCN(Cc5ccccc5)CC4)ncn3)c2)S1. The van der Waals surface area contributed by atoms with E-state index < -0.39 is 5.91 Å². The maximum absolute atomic E-state index is 11.8. The normalized spacial score (nSPS) is 18.0. The second-order valence-corrected chi connectivity index (χ2v) is 9.31. The van der Waals surface area contributed by atoms with Gasteiger partial charge in [0.2, 0.25) is 11.8 Å². The van der Waals surface area contributed by atoms with Crippen LogP contribution < -0.4 is 14.8 Å². The summed E-state index contributed by atoms with van der Waals surface area (Å²) < 4.78 is 12.0. The molecule has 3 aromatic rings. The van der Waals surface area contributed by atoms with Gasteiger partial charge < -0.3 is 9.47 Å². The number of nitrogens with zero attached hydrogens (tertiary/aromatic N) is 3. The topological polar surface area (TPSA) is 93.7 Å². The fourth-order valence-electron chi connectivity index (χ4n) is 4.00. The van der Waals surface area contributed by atoms with E-state index in [2.05, 4.69) is 44.5 Å². The van der Waals surface area contributed by atoms with Crippen molar-refractivity contribution in [3.05, 3.63) is 83.0 Å². The number of hydrogen-bond donors (Lipinski definition) is 1. The number of piperidine rings is 1. The van der Waals surface area contributed by atoms with Crippen LogP contribution in [0.25, 0.3) is 6.08 Å². The van der Waals surface area contributed by atoms with Crippen molar-refractivity contribution >= 4 is 29.0 Å². The van der Waals surface area contributed by atoms with Crippen LogP contribution in [0.15, 0.2) is 71.9 Å². The predicted octanol–water partition coefficient (Wildman–Crippen LogP) is 4.64. The molecule has 1 N–H and O–H groups in total. The zero-order valence-corrected chi connectivity index (χ0v) is 19.7. The Balaban J connectivity index is 1.17. The molecule has 9 heteroatoms. The molecule has 1 aromatic heterocycles. The highest BCUT2D eigenvalue weighted by atomic mass is 32.2. The lowest BCUT2D eigenvalue weighted by atomic mass is 10.1. The Kier molecular flexibility index (Phi) is 7.06. The molecular formula is C26H24N4O4S. The highest BCUT2D eigenvalue weighted by Gasteiger charge is 2.25. The Hall–Kier alpha value is -3.69. The molecule has 2 fully saturated rings. The van der Waals surface area contributed by atoms with Gasteiger partial charge in [-0.05, 0) is 53.9 Å². The molecule has 0 unspecified atom stereocenters. The number of thioether (sulfide) groups is 1. The number of carbonyl (C=O) groups is 2. The molecule has 2 amide bonds. The van der Waals surface area contributed by atoms with Crippen molar-refractivity contribution in [1.29, 1.82) is 0 Å². The van der Waals surface area contributed by atoms with Crippen molar-refractivity contribution in [2.75, 3.05) is 13.1 Å². The minimum absolute atomic E-state index is 0.0949. The minimum Gasteiger partial charge on any atom is -0.474 e. The lowest BCUT2D eigenvalue weighted by Gasteiger charge is -2.31. The van der Waals surface area contributed by atoms with Crippen LogP contribution in [0.1, 0.15) is 24.0 Å². The summed E-state index contributed by atoms with van der Waals surface area (Å²) in [6.45, 7) is 2.89. The number of rotatable bonds is 7. The van der Waals surface area contributed by atoms with Gasteiger partial charge in [0.15, 0.2) is 0 Å². The van der Waals surface area contributed by atoms with Gasteiger partial charge in [-0.2, -0.15) is 0 Å². The van der Waals surface area contributed by atoms with Crippen LogP contribution in [0.5, 0.6) is 17.5 Å². The summed E-state index contributed by atoms with van der Waals surface area (Å²) in [5.74, 6) is 1.000. The highest BCUT2D eigenvalue weighted by Crippen LogP contribution is 2.28. The summed E-state index contributed by atoms with van der Waals surface area (Å²) in [5, 5.41) is 1.88. The van der Waals surface area contributed by atoms with Crippen LogP contribution in [0.4, 0.5) is 4.79 Å². The molecule has 0 radical (unpaired) electrons. The Morgan fingerprint density at radius 2 is 1.80 bits per heavy atom. The Labute approximate surface area is 207 Å². The Morgan fingerprint density at radius 3 is 2.57 bits per heavy atom. The lowest BCUT2D eigenvalue weighted by molar-refractivity contribution is -0.115. The number of amides is 2. The number of likely N-dealkylation sites (tertiary alicyclic amines) is 1. The maximum Gasteiger partial charge on any atom is 0.290 e. The average molecular weight is 489 g/mol. The van der Waals surface area contributed by atoms with Crippen molar-refractivity contribution in [1.82, 2.24) is 20.2 Å². The summed E-state index contributed by atoms with van der Waals surface area (Å²) in [5.41, 5.74) is 2.06. The van der Waals surface area contributed by atoms with Crippen molar-refractivity contribution in [2.45, 2.75) is 25.5 Å². The molecule has 0 spiro atoms. The summed E-state index contributed by atoms with van der Waals surface area (Å²) in [6, 6.07) is 19.4. The molecule has 0 bridgehead atoms. The minimum atomic E-state index is -0.394. The van der Waals surface area contributed by atoms with Crippen molar-refractivity contribution < 1.29 is 19.1 Å². The first-order valence-electron chi connectivity index (χ1n) is 11.4. The number of nitrogens with one attached hydrogen (secondary N) is 1. The zero-order valence-electron chi connectivity index (χ0n) is 18.9. The predicted molar refractivity (Wildman–Crippen MR) is 133 cm³/mol. The van der Waals surface area contributed by atoms with Gasteiger partial charge in [0, 0.05) is 19.6 Å². The fraction of sp³-hybridized carbons (Fsp3) is 0.231. The average Bonchev–Trinajstić information content (AvgIpc) is 3.18. The number of imide groups is 1. The van der Waals surface area contributed by atoms with Gasteiger partial charge in [0.25, 0.3) is 11.1 Å². The maximum atomic E-state index is 11.8. The molecule has 178 valence electrons. The first-order chi connectivity index (χ1) is 17.1. The largest absolute Gasteiger partial charge is 0.474 e. The van der Waals surface area contributed by atoms with E-state index in [-0.39, 0.29) is 11.3 Å². The second kappa shape index (κ2) is 10.7. The first-order valence-corrected chi connectivity index (χ1v) is 12.2. The third kappa shape index (κ3) is 6.26. The van der Waals surface area contributed by atoms with Crippen molar-refractivity contribution in [3.63, 3.8) is 0 Å². The van der Waals surface area contributed by atoms with Gasteiger partial charge in [-0.25, -0.2) is 9.97 Å². The van der Waals surface area contributed by atoms with E-state index in [0.717, 1.165) is 49.8 Å². The molecule has 8 nitrogen and oxygen atoms in total. The monoisotopic (exact) mass is 488 g/mol. The fourth-order valence-corrected chi connectivity index (χ4v) is 4.68. The number of benzene rings is 2. The standard InChI is InChI=1S/C26H24N4O4S/c31-25-22(35-26(32)29-25)14-19-7-4-8-21(13-19)34-24-15-23(27-17-28-24)33-20-9-11-30(12-10-20)16-18-5-2-1-3-6-18/h1-8,13-15,17,20H,9-12,16H2,(H,29,31,32)/b22-14-. The summed E-state index contributed by atoms with van der Waals surface area (Å²) in [7, 11) is 0. The van der Waals surface area contributed by atoms with E-state index >= 15 is 0 Å². The lowest BCUT2D eigenvalue weighted by Crippen LogP contribution is -2.37. The van der Waals surface area contributed by atoms with E-state index in [1.54, 1.807) is 24.3 Å². The van der Waals surface area contributed by atoms with Crippen molar-refractivity contribution in [2.24, 2.45) is 0 Å². The zero-order chi connectivity index (χ0) is 24.0. The molecule has 3 heterocycles. The molecule has 0 saturated carbocycles. The third-order valence-corrected chi connectivity index (χ3v) is 6.52. The molecular weight excluding hydrogens is 464 g/mol. The van der Waals surface area contributed by atoms with Gasteiger partial charge in [0.1, 0.15) is 18.2 Å². The molecule has 5 rings (SSSR count). The van der Waals surface area contributed by atoms with Crippen LogP contribution in [0.2, 0.25) is 0 Å². The second-order valence-electron chi connectivity index (χ2n) is 8.30. The molecule has 2 aliphatic rings. The molecule has 2 aromatic carbocycles. The van der Waals surface area contributed by atoms with Crippen molar-refractivity contribution in [3.8, 4) is 17.5 Å². The van der Waals surface area contributed by atoms with Crippen LogP contribution in [0, 0.1) is 0 Å². The van der Waals surface area contributed by atoms with Crippen LogP contribution in [-0.4, -0.2) is 45.2 Å². The third-order valence-electron chi connectivity index (χ3n) is 5.71. The smallest absolute Gasteiger partial charge is 0.290 e. The summed E-state index contributed by atoms with van der Waals surface area (Å²) in [6.07, 6.45) is 5.02. The van der Waals surface area contributed by atoms with Gasteiger partial charge in [-0.1, -0.05) is 42.5 Å². The van der Waals surface area contributed by atoms with E-state index in [4.69, 9.17) is 9.47 Å². The number of carbonyl (C=O) groups excluding carboxylic acids is 2. The number of aromatic nitrogens is 2. The number of ether oxygens (including phenoxy) is 2. The van der Waals surface area contributed by atoms with Crippen LogP contribution in [0.3, 0.4) is 0 Å². The Bertz CT molecular complexity index is 1240. The van der Waals surface area contributed by atoms with Gasteiger partial charge >= 0.3 is 0 Å².